The van der Waals surface area contributed by atoms with Gasteiger partial charge in [0.25, 0.3) is 11.5 Å². The van der Waals surface area contributed by atoms with Crippen LogP contribution >= 0.6 is 11.3 Å². The molecule has 0 atom stereocenters. The maximum absolute atomic E-state index is 12.6. The van der Waals surface area contributed by atoms with Crippen molar-refractivity contribution in [3.63, 3.8) is 0 Å². The van der Waals surface area contributed by atoms with Crippen LogP contribution in [0.5, 0.6) is 0 Å². The lowest BCUT2D eigenvalue weighted by atomic mass is 10.2. The summed E-state index contributed by atoms with van der Waals surface area (Å²) in [4.78, 5) is 38.0. The Morgan fingerprint density at radius 3 is 2.72 bits per heavy atom. The Morgan fingerprint density at radius 1 is 1.24 bits per heavy atom. The summed E-state index contributed by atoms with van der Waals surface area (Å²) in [6.07, 6.45) is 1.57. The summed E-state index contributed by atoms with van der Waals surface area (Å²) in [6.45, 7) is 5.58. The number of thiazole rings is 1. The number of aryl methyl sites for hydroxylation is 1. The van der Waals surface area contributed by atoms with E-state index in [0.29, 0.717) is 42.8 Å². The van der Waals surface area contributed by atoms with Crippen LogP contribution in [0.25, 0.3) is 10.9 Å². The predicted molar refractivity (Wildman–Crippen MR) is 113 cm³/mol. The molecule has 1 aliphatic rings. The number of piperazine rings is 1. The van der Waals surface area contributed by atoms with Gasteiger partial charge in [0.2, 0.25) is 0 Å². The average molecular weight is 414 g/mol. The predicted octanol–water partition coefficient (Wildman–Crippen LogP) is 1.77. The number of benzene rings is 1. The number of fused-ring (bicyclic) bond motifs is 1. The van der Waals surface area contributed by atoms with Crippen molar-refractivity contribution in [2.45, 2.75) is 13.5 Å². The number of carbonyl (C=O) groups excluding carboxylic acids is 1. The number of nitrogens with zero attached hydrogens (tertiary/aromatic N) is 5. The van der Waals surface area contributed by atoms with Crippen molar-refractivity contribution < 1.29 is 9.53 Å². The minimum Gasteiger partial charge on any atom is -0.383 e. The molecule has 1 amide bonds. The van der Waals surface area contributed by atoms with E-state index < -0.39 is 0 Å². The highest BCUT2D eigenvalue weighted by Gasteiger charge is 2.24. The van der Waals surface area contributed by atoms with Gasteiger partial charge in [-0.05, 0) is 25.1 Å². The van der Waals surface area contributed by atoms with Gasteiger partial charge in [-0.2, -0.15) is 0 Å². The molecule has 9 heteroatoms. The van der Waals surface area contributed by atoms with Gasteiger partial charge < -0.3 is 14.5 Å². The molecule has 1 fully saturated rings. The third-order valence-electron chi connectivity index (χ3n) is 5.12. The fourth-order valence-corrected chi connectivity index (χ4v) is 4.07. The zero-order chi connectivity index (χ0) is 20.4. The molecule has 3 aromatic rings. The Morgan fingerprint density at radius 2 is 2.03 bits per heavy atom. The van der Waals surface area contributed by atoms with Crippen molar-refractivity contribution in [1.29, 1.82) is 0 Å². The summed E-state index contributed by atoms with van der Waals surface area (Å²) in [5.41, 5.74) is 2.15. The smallest absolute Gasteiger partial charge is 0.273 e. The number of rotatable bonds is 5. The van der Waals surface area contributed by atoms with Crippen molar-refractivity contribution in [3.05, 3.63) is 51.0 Å². The van der Waals surface area contributed by atoms with E-state index in [1.54, 1.807) is 18.0 Å². The van der Waals surface area contributed by atoms with Crippen molar-refractivity contribution in [2.24, 2.45) is 0 Å². The minimum atomic E-state index is -0.0624. The Balaban J connectivity index is 1.47. The van der Waals surface area contributed by atoms with E-state index in [9.17, 15) is 9.59 Å². The number of hydrogen-bond donors (Lipinski definition) is 0. The molecule has 29 heavy (non-hydrogen) atoms. The summed E-state index contributed by atoms with van der Waals surface area (Å²) in [7, 11) is 1.61. The summed E-state index contributed by atoms with van der Waals surface area (Å²) in [6, 6.07) is 5.73. The van der Waals surface area contributed by atoms with Crippen LogP contribution in [0, 0.1) is 6.92 Å². The van der Waals surface area contributed by atoms with E-state index in [1.807, 2.05) is 35.4 Å². The first-order valence-electron chi connectivity index (χ1n) is 9.51. The standard InChI is InChI=1S/C20H23N5O3S/c1-14-22-18(12-29-14)20(27)24-7-5-23(6-8-24)15-3-4-16-17(11-15)21-13-25(19(16)26)9-10-28-2/h3-4,11-13H,5-10H2,1-2H3. The lowest BCUT2D eigenvalue weighted by Gasteiger charge is -2.35. The fourth-order valence-electron chi connectivity index (χ4n) is 3.48. The molecular weight excluding hydrogens is 390 g/mol. The topological polar surface area (TPSA) is 80.6 Å². The minimum absolute atomic E-state index is 0.00853. The molecule has 0 N–H and O–H groups in total. The van der Waals surface area contributed by atoms with Gasteiger partial charge in [-0.1, -0.05) is 0 Å². The second-order valence-electron chi connectivity index (χ2n) is 6.97. The van der Waals surface area contributed by atoms with Crippen LogP contribution in [0.15, 0.2) is 34.7 Å². The molecule has 2 aromatic heterocycles. The highest BCUT2D eigenvalue weighted by Crippen LogP contribution is 2.21. The summed E-state index contributed by atoms with van der Waals surface area (Å²) in [5, 5.41) is 3.32. The molecule has 0 radical (unpaired) electrons. The van der Waals surface area contributed by atoms with Gasteiger partial charge in [-0.25, -0.2) is 9.97 Å². The summed E-state index contributed by atoms with van der Waals surface area (Å²) in [5.74, 6) is -0.00853. The molecule has 0 saturated carbocycles. The molecule has 1 aliphatic heterocycles. The monoisotopic (exact) mass is 413 g/mol. The number of carbonyl (C=O) groups is 1. The maximum atomic E-state index is 12.6. The summed E-state index contributed by atoms with van der Waals surface area (Å²) < 4.78 is 6.61. The third-order valence-corrected chi connectivity index (χ3v) is 5.89. The normalized spacial score (nSPS) is 14.6. The maximum Gasteiger partial charge on any atom is 0.273 e. The van der Waals surface area contributed by atoms with Crippen LogP contribution in [0.3, 0.4) is 0 Å². The van der Waals surface area contributed by atoms with Crippen LogP contribution in [0.1, 0.15) is 15.5 Å². The lowest BCUT2D eigenvalue weighted by Crippen LogP contribution is -2.48. The molecule has 8 nitrogen and oxygen atoms in total. The van der Waals surface area contributed by atoms with E-state index in [2.05, 4.69) is 14.9 Å². The van der Waals surface area contributed by atoms with E-state index in [-0.39, 0.29) is 11.5 Å². The first kappa shape index (κ1) is 19.5. The molecular formula is C20H23N5O3S. The largest absolute Gasteiger partial charge is 0.383 e. The van der Waals surface area contributed by atoms with Crippen molar-refractivity contribution in [3.8, 4) is 0 Å². The van der Waals surface area contributed by atoms with Gasteiger partial charge in [0.15, 0.2) is 0 Å². The molecule has 1 aromatic carbocycles. The number of ether oxygens (including phenoxy) is 1. The molecule has 0 spiro atoms. The van der Waals surface area contributed by atoms with Crippen LogP contribution in [0.4, 0.5) is 5.69 Å². The van der Waals surface area contributed by atoms with Crippen LogP contribution in [-0.4, -0.2) is 65.2 Å². The Labute approximate surface area is 172 Å². The van der Waals surface area contributed by atoms with Gasteiger partial charge in [-0.15, -0.1) is 11.3 Å². The molecule has 1 saturated heterocycles. The molecule has 0 unspecified atom stereocenters. The van der Waals surface area contributed by atoms with Crippen molar-refractivity contribution in [1.82, 2.24) is 19.4 Å². The number of aromatic nitrogens is 3. The number of anilines is 1. The van der Waals surface area contributed by atoms with Crippen molar-refractivity contribution in [2.75, 3.05) is 44.8 Å². The van der Waals surface area contributed by atoms with Crippen LogP contribution in [0.2, 0.25) is 0 Å². The van der Waals surface area contributed by atoms with Gasteiger partial charge in [0.05, 0.1) is 35.4 Å². The summed E-state index contributed by atoms with van der Waals surface area (Å²) >= 11 is 1.49. The zero-order valence-corrected chi connectivity index (χ0v) is 17.3. The molecule has 4 rings (SSSR count). The number of hydrogen-bond acceptors (Lipinski definition) is 7. The lowest BCUT2D eigenvalue weighted by molar-refractivity contribution is 0.0741. The van der Waals surface area contributed by atoms with Crippen LogP contribution in [-0.2, 0) is 11.3 Å². The first-order valence-corrected chi connectivity index (χ1v) is 10.4. The van der Waals surface area contributed by atoms with E-state index >= 15 is 0 Å². The third kappa shape index (κ3) is 4.01. The van der Waals surface area contributed by atoms with Gasteiger partial charge in [0, 0.05) is 44.4 Å². The number of amides is 1. The Bertz CT molecular complexity index is 1090. The number of methoxy groups -OCH3 is 1. The first-order chi connectivity index (χ1) is 14.1. The van der Waals surface area contributed by atoms with E-state index in [1.165, 1.54) is 11.3 Å². The molecule has 0 bridgehead atoms. The molecule has 3 heterocycles. The van der Waals surface area contributed by atoms with Gasteiger partial charge in [-0.3, -0.25) is 14.2 Å². The van der Waals surface area contributed by atoms with E-state index in [4.69, 9.17) is 4.74 Å². The second-order valence-corrected chi connectivity index (χ2v) is 8.03. The highest BCUT2D eigenvalue weighted by molar-refractivity contribution is 7.09. The van der Waals surface area contributed by atoms with Gasteiger partial charge >= 0.3 is 0 Å². The second kappa shape index (κ2) is 8.30. The molecule has 152 valence electrons. The Hall–Kier alpha value is -2.78. The SMILES string of the molecule is COCCn1cnc2cc(N3CCN(C(=O)c4csc(C)n4)CC3)ccc2c1=O. The fraction of sp³-hybridized carbons (Fsp3) is 0.400. The molecule has 0 aliphatic carbocycles. The van der Waals surface area contributed by atoms with Gasteiger partial charge in [0.1, 0.15) is 5.69 Å². The van der Waals surface area contributed by atoms with E-state index in [0.717, 1.165) is 23.8 Å². The van der Waals surface area contributed by atoms with Crippen LogP contribution < -0.4 is 10.5 Å². The quantitative estimate of drug-likeness (QED) is 0.634. The average Bonchev–Trinajstić information content (AvgIpc) is 3.19. The van der Waals surface area contributed by atoms with Crippen molar-refractivity contribution >= 4 is 33.8 Å². The highest BCUT2D eigenvalue weighted by atomic mass is 32.1. The Kier molecular flexibility index (Phi) is 5.59. The zero-order valence-electron chi connectivity index (χ0n) is 16.5.